The Bertz CT molecular complexity index is 606. The summed E-state index contributed by atoms with van der Waals surface area (Å²) in [4.78, 5) is 11.5. The molecule has 2 rings (SSSR count). The predicted octanol–water partition coefficient (Wildman–Crippen LogP) is -0.423. The van der Waals surface area contributed by atoms with Crippen molar-refractivity contribution in [3.8, 4) is 0 Å². The normalized spacial score (nSPS) is 19.6. The van der Waals surface area contributed by atoms with Crippen LogP contribution in [-0.2, 0) is 29.9 Å². The lowest BCUT2D eigenvalue weighted by atomic mass is 9.93. The van der Waals surface area contributed by atoms with E-state index >= 15 is 0 Å². The second-order valence-corrected chi connectivity index (χ2v) is 6.58. The van der Waals surface area contributed by atoms with Gasteiger partial charge >= 0.3 is 0 Å². The monoisotopic (exact) mass is 271 g/mol. The van der Waals surface area contributed by atoms with E-state index in [4.69, 9.17) is 0 Å². The van der Waals surface area contributed by atoms with Crippen molar-refractivity contribution in [2.24, 2.45) is 7.05 Å². The average molecular weight is 271 g/mol. The molecule has 0 saturated heterocycles. The van der Waals surface area contributed by atoms with Crippen LogP contribution >= 0.6 is 0 Å². The minimum atomic E-state index is -3.19. The van der Waals surface area contributed by atoms with Gasteiger partial charge in [-0.25, -0.2) is 17.8 Å². The van der Waals surface area contributed by atoms with E-state index in [0.717, 1.165) is 17.7 Å². The van der Waals surface area contributed by atoms with Gasteiger partial charge in [0, 0.05) is 19.2 Å². The Morgan fingerprint density at radius 3 is 2.94 bits per heavy atom. The summed E-state index contributed by atoms with van der Waals surface area (Å²) in [5.41, 5.74) is 1.59. The molecule has 0 fully saturated rings. The molecule has 6 nitrogen and oxygen atoms in total. The van der Waals surface area contributed by atoms with Crippen LogP contribution in [0.1, 0.15) is 24.6 Å². The number of sulfonamides is 1. The Hall–Kier alpha value is -1.21. The van der Waals surface area contributed by atoms with Crippen molar-refractivity contribution in [3.63, 3.8) is 0 Å². The first-order valence-electron chi connectivity index (χ1n) is 5.97. The molecule has 1 heterocycles. The van der Waals surface area contributed by atoms with Crippen molar-refractivity contribution in [1.82, 2.24) is 14.5 Å². The molecule has 0 aromatic carbocycles. The fourth-order valence-corrected chi connectivity index (χ4v) is 3.00. The molecule has 1 aromatic rings. The minimum Gasteiger partial charge on any atom is -0.268 e. The summed E-state index contributed by atoms with van der Waals surface area (Å²) in [6, 6.07) is 1.42. The maximum Gasteiger partial charge on any atom is 0.266 e. The molecule has 0 spiro atoms. The highest BCUT2D eigenvalue weighted by molar-refractivity contribution is 7.89. The summed E-state index contributed by atoms with van der Waals surface area (Å²) >= 11 is 0. The van der Waals surface area contributed by atoms with E-state index < -0.39 is 10.0 Å². The van der Waals surface area contributed by atoms with Crippen LogP contribution < -0.4 is 10.3 Å². The first-order chi connectivity index (χ1) is 8.41. The molecule has 0 saturated carbocycles. The van der Waals surface area contributed by atoms with Gasteiger partial charge in [-0.3, -0.25) is 4.79 Å². The number of hydrogen-bond donors (Lipinski definition) is 1. The van der Waals surface area contributed by atoms with E-state index in [9.17, 15) is 13.2 Å². The van der Waals surface area contributed by atoms with E-state index in [2.05, 4.69) is 9.82 Å². The van der Waals surface area contributed by atoms with E-state index in [1.807, 2.05) is 0 Å². The molecule has 7 heteroatoms. The van der Waals surface area contributed by atoms with Crippen molar-refractivity contribution in [3.05, 3.63) is 27.7 Å². The van der Waals surface area contributed by atoms with Crippen LogP contribution in [0.15, 0.2) is 10.9 Å². The number of rotatable bonds is 3. The van der Waals surface area contributed by atoms with Crippen LogP contribution in [0.2, 0.25) is 0 Å². The van der Waals surface area contributed by atoms with Gasteiger partial charge in [0.25, 0.3) is 5.56 Å². The summed E-state index contributed by atoms with van der Waals surface area (Å²) in [7, 11) is -1.57. The van der Waals surface area contributed by atoms with Gasteiger partial charge in [-0.15, -0.1) is 0 Å². The summed E-state index contributed by atoms with van der Waals surface area (Å²) in [5, 5.41) is 4.19. The standard InChI is InChI=1S/C11H17N3O3S/c1-3-18(16,17)13-9-4-5-10-8(6-9)7-11(15)14(2)12-10/h7,9,13H,3-6H2,1-2H3. The van der Waals surface area contributed by atoms with Crippen molar-refractivity contribution in [2.75, 3.05) is 5.75 Å². The van der Waals surface area contributed by atoms with Crippen molar-refractivity contribution >= 4 is 10.0 Å². The molecular formula is C11H17N3O3S. The quantitative estimate of drug-likeness (QED) is 0.809. The summed E-state index contributed by atoms with van der Waals surface area (Å²) in [6.07, 6.45) is 1.95. The maximum absolute atomic E-state index is 11.5. The fraction of sp³-hybridized carbons (Fsp3) is 0.636. The van der Waals surface area contributed by atoms with Crippen molar-refractivity contribution < 1.29 is 8.42 Å². The lowest BCUT2D eigenvalue weighted by Gasteiger charge is -2.24. The lowest BCUT2D eigenvalue weighted by Crippen LogP contribution is -2.40. The molecular weight excluding hydrogens is 254 g/mol. The molecule has 18 heavy (non-hydrogen) atoms. The van der Waals surface area contributed by atoms with Crippen LogP contribution in [0, 0.1) is 0 Å². The van der Waals surface area contributed by atoms with Gasteiger partial charge in [-0.05, 0) is 31.7 Å². The summed E-state index contributed by atoms with van der Waals surface area (Å²) < 4.78 is 27.0. The lowest BCUT2D eigenvalue weighted by molar-refractivity contribution is 0.492. The van der Waals surface area contributed by atoms with E-state index in [1.165, 1.54) is 4.68 Å². The van der Waals surface area contributed by atoms with Crippen LogP contribution in [-0.4, -0.2) is 30.0 Å². The molecule has 0 amide bonds. The highest BCUT2D eigenvalue weighted by Gasteiger charge is 2.23. The maximum atomic E-state index is 11.5. The smallest absolute Gasteiger partial charge is 0.266 e. The Labute approximate surface area is 106 Å². The number of aryl methyl sites for hydroxylation is 2. The number of aromatic nitrogens is 2. The Morgan fingerprint density at radius 1 is 1.56 bits per heavy atom. The second kappa shape index (κ2) is 4.81. The third kappa shape index (κ3) is 2.78. The molecule has 100 valence electrons. The number of nitrogens with zero attached hydrogens (tertiary/aromatic N) is 2. The molecule has 1 aromatic heterocycles. The first-order valence-corrected chi connectivity index (χ1v) is 7.62. The van der Waals surface area contributed by atoms with Crippen LogP contribution in [0.25, 0.3) is 0 Å². The number of fused-ring (bicyclic) bond motifs is 1. The Kier molecular flexibility index (Phi) is 3.54. The highest BCUT2D eigenvalue weighted by atomic mass is 32.2. The molecule has 0 bridgehead atoms. The zero-order valence-electron chi connectivity index (χ0n) is 10.5. The van der Waals surface area contributed by atoms with Crippen LogP contribution in [0.4, 0.5) is 0 Å². The van der Waals surface area contributed by atoms with Gasteiger partial charge in [0.15, 0.2) is 0 Å². The Morgan fingerprint density at radius 2 is 2.28 bits per heavy atom. The third-order valence-electron chi connectivity index (χ3n) is 3.18. The van der Waals surface area contributed by atoms with Gasteiger partial charge < -0.3 is 0 Å². The zero-order chi connectivity index (χ0) is 13.3. The van der Waals surface area contributed by atoms with Gasteiger partial charge in [0.05, 0.1) is 11.4 Å². The zero-order valence-corrected chi connectivity index (χ0v) is 11.3. The average Bonchev–Trinajstić information content (AvgIpc) is 2.31. The van der Waals surface area contributed by atoms with Gasteiger partial charge in [0.2, 0.25) is 10.0 Å². The van der Waals surface area contributed by atoms with Crippen LogP contribution in [0.5, 0.6) is 0 Å². The van der Waals surface area contributed by atoms with E-state index in [-0.39, 0.29) is 17.4 Å². The van der Waals surface area contributed by atoms with Crippen molar-refractivity contribution in [2.45, 2.75) is 32.2 Å². The molecule has 1 aliphatic rings. The molecule has 0 radical (unpaired) electrons. The largest absolute Gasteiger partial charge is 0.268 e. The van der Waals surface area contributed by atoms with Gasteiger partial charge in [0.1, 0.15) is 0 Å². The molecule has 1 unspecified atom stereocenters. The summed E-state index contributed by atoms with van der Waals surface area (Å²) in [6.45, 7) is 1.61. The second-order valence-electron chi connectivity index (χ2n) is 4.54. The van der Waals surface area contributed by atoms with E-state index in [1.54, 1.807) is 20.0 Å². The molecule has 1 atom stereocenters. The van der Waals surface area contributed by atoms with Gasteiger partial charge in [-0.1, -0.05) is 0 Å². The molecule has 1 aliphatic carbocycles. The predicted molar refractivity (Wildman–Crippen MR) is 67.9 cm³/mol. The molecule has 1 N–H and O–H groups in total. The fourth-order valence-electron chi connectivity index (χ4n) is 2.12. The van der Waals surface area contributed by atoms with E-state index in [0.29, 0.717) is 12.8 Å². The SMILES string of the molecule is CCS(=O)(=O)NC1CCc2nn(C)c(=O)cc2C1. The topological polar surface area (TPSA) is 81.1 Å². The minimum absolute atomic E-state index is 0.0746. The number of nitrogens with one attached hydrogen (secondary N) is 1. The Balaban J connectivity index is 2.20. The molecule has 0 aliphatic heterocycles. The third-order valence-corrected chi connectivity index (χ3v) is 4.63. The van der Waals surface area contributed by atoms with Gasteiger partial charge in [-0.2, -0.15) is 5.10 Å². The highest BCUT2D eigenvalue weighted by Crippen LogP contribution is 2.18. The van der Waals surface area contributed by atoms with Crippen molar-refractivity contribution in [1.29, 1.82) is 0 Å². The summed E-state index contributed by atoms with van der Waals surface area (Å²) in [5.74, 6) is 0.0746. The number of hydrogen-bond acceptors (Lipinski definition) is 4. The first kappa shape index (κ1) is 13.2. The van der Waals surface area contributed by atoms with Crippen LogP contribution in [0.3, 0.4) is 0 Å².